The highest BCUT2D eigenvalue weighted by Gasteiger charge is 2.31. The highest BCUT2D eigenvalue weighted by molar-refractivity contribution is 6.36. The van der Waals surface area contributed by atoms with Crippen molar-refractivity contribution in [3.05, 3.63) is 63.6 Å². The van der Waals surface area contributed by atoms with Gasteiger partial charge in [-0.1, -0.05) is 54.4 Å². The molecule has 1 N–H and O–H groups in total. The molecule has 2 aromatic rings. The monoisotopic (exact) mass is 464 g/mol. The van der Waals surface area contributed by atoms with Gasteiger partial charge in [-0.3, -0.25) is 9.59 Å². The van der Waals surface area contributed by atoms with Gasteiger partial charge in [-0.2, -0.15) is 0 Å². The van der Waals surface area contributed by atoms with E-state index in [-0.39, 0.29) is 25.0 Å². The molecule has 0 heterocycles. The van der Waals surface area contributed by atoms with Crippen LogP contribution in [0.15, 0.2) is 42.5 Å². The van der Waals surface area contributed by atoms with Crippen LogP contribution in [0.1, 0.15) is 45.2 Å². The van der Waals surface area contributed by atoms with E-state index in [1.54, 1.807) is 18.2 Å². The first kappa shape index (κ1) is 25.0. The van der Waals surface area contributed by atoms with E-state index in [9.17, 15) is 9.59 Å². The Morgan fingerprint density at radius 3 is 2.23 bits per heavy atom. The number of carbonyl (C=O) groups is 2. The normalized spacial score (nSPS) is 12.2. The van der Waals surface area contributed by atoms with E-state index in [0.717, 1.165) is 5.56 Å². The SMILES string of the molecule is CCC(C(=O)NC(C)(C)C)N(Cc1c(Cl)cccc1Cl)C(=O)COc1ccccc1C. The number of nitrogens with one attached hydrogen (secondary N) is 1. The minimum absolute atomic E-state index is 0.102. The molecule has 1 atom stereocenters. The molecule has 31 heavy (non-hydrogen) atoms. The van der Waals surface area contributed by atoms with E-state index in [1.165, 1.54) is 4.90 Å². The van der Waals surface area contributed by atoms with E-state index in [2.05, 4.69) is 5.32 Å². The van der Waals surface area contributed by atoms with Crippen LogP contribution < -0.4 is 10.1 Å². The Hall–Kier alpha value is -2.24. The van der Waals surface area contributed by atoms with Gasteiger partial charge in [-0.15, -0.1) is 0 Å². The highest BCUT2D eigenvalue weighted by atomic mass is 35.5. The molecule has 2 rings (SSSR count). The number of rotatable bonds is 8. The Morgan fingerprint density at radius 1 is 1.06 bits per heavy atom. The summed E-state index contributed by atoms with van der Waals surface area (Å²) in [4.78, 5) is 27.8. The van der Waals surface area contributed by atoms with Crippen LogP contribution in [0.4, 0.5) is 0 Å². The van der Waals surface area contributed by atoms with Crippen LogP contribution >= 0.6 is 23.2 Å². The van der Waals surface area contributed by atoms with Gasteiger partial charge in [0.25, 0.3) is 5.91 Å². The van der Waals surface area contributed by atoms with Gasteiger partial charge in [-0.05, 0) is 57.9 Å². The third-order valence-electron chi connectivity index (χ3n) is 4.72. The van der Waals surface area contributed by atoms with Crippen molar-refractivity contribution in [1.82, 2.24) is 10.2 Å². The van der Waals surface area contributed by atoms with Crippen molar-refractivity contribution in [3.63, 3.8) is 0 Å². The number of aryl methyl sites for hydroxylation is 1. The second-order valence-corrected chi connectivity index (χ2v) is 9.25. The summed E-state index contributed by atoms with van der Waals surface area (Å²) in [5.74, 6) is 0.0660. The summed E-state index contributed by atoms with van der Waals surface area (Å²) >= 11 is 12.7. The smallest absolute Gasteiger partial charge is 0.261 e. The first-order valence-corrected chi connectivity index (χ1v) is 11.0. The summed E-state index contributed by atoms with van der Waals surface area (Å²) in [7, 11) is 0. The number of carbonyl (C=O) groups excluding carboxylic acids is 2. The van der Waals surface area contributed by atoms with Gasteiger partial charge in [0.2, 0.25) is 5.91 Å². The quantitative estimate of drug-likeness (QED) is 0.568. The van der Waals surface area contributed by atoms with Crippen LogP contribution in [0.5, 0.6) is 5.75 Å². The summed E-state index contributed by atoms with van der Waals surface area (Å²) in [6, 6.07) is 11.9. The van der Waals surface area contributed by atoms with Crippen molar-refractivity contribution < 1.29 is 14.3 Å². The van der Waals surface area contributed by atoms with Crippen molar-refractivity contribution in [2.75, 3.05) is 6.61 Å². The topological polar surface area (TPSA) is 58.6 Å². The molecule has 2 aromatic carbocycles. The average Bonchev–Trinajstić information content (AvgIpc) is 2.67. The Morgan fingerprint density at radius 2 is 1.68 bits per heavy atom. The van der Waals surface area contributed by atoms with Gasteiger partial charge in [0.15, 0.2) is 6.61 Å². The fourth-order valence-electron chi connectivity index (χ4n) is 3.17. The first-order chi connectivity index (χ1) is 14.5. The van der Waals surface area contributed by atoms with Crippen molar-refractivity contribution in [2.24, 2.45) is 0 Å². The summed E-state index contributed by atoms with van der Waals surface area (Å²) in [6.45, 7) is 9.37. The summed E-state index contributed by atoms with van der Waals surface area (Å²) in [5.41, 5.74) is 1.09. The molecule has 0 bridgehead atoms. The lowest BCUT2D eigenvalue weighted by Crippen LogP contribution is -2.54. The van der Waals surface area contributed by atoms with Gasteiger partial charge in [0.05, 0.1) is 0 Å². The molecular formula is C24H30Cl2N2O3. The van der Waals surface area contributed by atoms with Gasteiger partial charge < -0.3 is 15.0 Å². The molecular weight excluding hydrogens is 435 g/mol. The van der Waals surface area contributed by atoms with Crippen molar-refractivity contribution in [3.8, 4) is 5.75 Å². The second kappa shape index (κ2) is 10.9. The summed E-state index contributed by atoms with van der Waals surface area (Å²) in [5, 5.41) is 3.85. The maximum atomic E-state index is 13.3. The number of nitrogens with zero attached hydrogens (tertiary/aromatic N) is 1. The van der Waals surface area contributed by atoms with Crippen molar-refractivity contribution >= 4 is 35.0 Å². The molecule has 2 amide bonds. The predicted octanol–water partition coefficient (Wildman–Crippen LogP) is 5.40. The second-order valence-electron chi connectivity index (χ2n) is 8.44. The fraction of sp³-hybridized carbons (Fsp3) is 0.417. The van der Waals surface area contributed by atoms with E-state index in [4.69, 9.17) is 27.9 Å². The molecule has 5 nitrogen and oxygen atoms in total. The van der Waals surface area contributed by atoms with E-state index in [0.29, 0.717) is 27.8 Å². The molecule has 7 heteroatoms. The molecule has 0 saturated carbocycles. The lowest BCUT2D eigenvalue weighted by molar-refractivity contribution is -0.143. The van der Waals surface area contributed by atoms with Crippen molar-refractivity contribution in [1.29, 1.82) is 0 Å². The van der Waals surface area contributed by atoms with Crippen LogP contribution in [-0.2, 0) is 16.1 Å². The maximum absolute atomic E-state index is 13.3. The number of hydrogen-bond donors (Lipinski definition) is 1. The average molecular weight is 465 g/mol. The number of hydrogen-bond acceptors (Lipinski definition) is 3. The third-order valence-corrected chi connectivity index (χ3v) is 5.43. The maximum Gasteiger partial charge on any atom is 0.261 e. The van der Waals surface area contributed by atoms with Gasteiger partial charge in [-0.25, -0.2) is 0 Å². The predicted molar refractivity (Wildman–Crippen MR) is 126 cm³/mol. The third kappa shape index (κ3) is 7.15. The lowest BCUT2D eigenvalue weighted by Gasteiger charge is -2.33. The molecule has 0 aliphatic carbocycles. The Kier molecular flexibility index (Phi) is 8.78. The zero-order chi connectivity index (χ0) is 23.2. The Bertz CT molecular complexity index is 905. The zero-order valence-electron chi connectivity index (χ0n) is 18.7. The first-order valence-electron chi connectivity index (χ1n) is 10.3. The standard InChI is InChI=1S/C24H30Cl2N2O3/c1-6-20(23(30)27-24(3,4)5)28(14-17-18(25)11-9-12-19(17)26)22(29)15-31-21-13-8-7-10-16(21)2/h7-13,20H,6,14-15H2,1-5H3,(H,27,30). The van der Waals surface area contributed by atoms with Crippen LogP contribution in [0.25, 0.3) is 0 Å². The zero-order valence-corrected chi connectivity index (χ0v) is 20.2. The van der Waals surface area contributed by atoms with Gasteiger partial charge in [0.1, 0.15) is 11.8 Å². The molecule has 0 aliphatic rings. The molecule has 0 fully saturated rings. The summed E-state index contributed by atoms with van der Waals surface area (Å²) in [6.07, 6.45) is 0.431. The van der Waals surface area contributed by atoms with E-state index >= 15 is 0 Å². The minimum atomic E-state index is -0.695. The Balaban J connectivity index is 2.32. The van der Waals surface area contributed by atoms with E-state index in [1.807, 2.05) is 58.9 Å². The molecule has 0 aromatic heterocycles. The Labute approximate surface area is 194 Å². The number of amides is 2. The van der Waals surface area contributed by atoms with Crippen LogP contribution in [0.3, 0.4) is 0 Å². The highest BCUT2D eigenvalue weighted by Crippen LogP contribution is 2.27. The van der Waals surface area contributed by atoms with E-state index < -0.39 is 11.6 Å². The largest absolute Gasteiger partial charge is 0.484 e. The molecule has 0 spiro atoms. The van der Waals surface area contributed by atoms with Crippen LogP contribution in [0.2, 0.25) is 10.0 Å². The molecule has 0 saturated heterocycles. The van der Waals surface area contributed by atoms with Gasteiger partial charge >= 0.3 is 0 Å². The number of benzene rings is 2. The van der Waals surface area contributed by atoms with Crippen molar-refractivity contribution in [2.45, 2.75) is 59.2 Å². The van der Waals surface area contributed by atoms with Crippen LogP contribution in [-0.4, -0.2) is 34.9 Å². The lowest BCUT2D eigenvalue weighted by atomic mass is 10.1. The summed E-state index contributed by atoms with van der Waals surface area (Å²) < 4.78 is 5.76. The number of halogens is 2. The molecule has 0 radical (unpaired) electrons. The van der Waals surface area contributed by atoms with Gasteiger partial charge in [0, 0.05) is 27.7 Å². The minimum Gasteiger partial charge on any atom is -0.484 e. The molecule has 0 aliphatic heterocycles. The molecule has 168 valence electrons. The van der Waals surface area contributed by atoms with Crippen LogP contribution in [0, 0.1) is 6.92 Å². The number of para-hydroxylation sites is 1. The number of ether oxygens (including phenoxy) is 1. The molecule has 1 unspecified atom stereocenters. The fourth-order valence-corrected chi connectivity index (χ4v) is 3.68.